The number of aliphatic hydroxyl groups excluding tert-OH is 1. The summed E-state index contributed by atoms with van der Waals surface area (Å²) in [5.41, 5.74) is 8.50. The van der Waals surface area contributed by atoms with Crippen molar-refractivity contribution in [3.05, 3.63) is 119 Å². The third kappa shape index (κ3) is 18.4. The molecule has 0 bridgehead atoms. The first-order chi connectivity index (χ1) is 40.8. The molecule has 4 aromatic rings. The molecule has 2 saturated heterocycles. The van der Waals surface area contributed by atoms with Crippen molar-refractivity contribution in [3.63, 3.8) is 0 Å². The molecule has 3 aromatic carbocycles. The van der Waals surface area contributed by atoms with E-state index in [0.717, 1.165) is 16.0 Å². The monoisotopic (exact) mass is 1180 g/mol. The van der Waals surface area contributed by atoms with Gasteiger partial charge in [-0.25, -0.2) is 28.1 Å². The number of anilines is 1. The number of rotatable bonds is 28. The van der Waals surface area contributed by atoms with E-state index in [-0.39, 0.29) is 100 Å². The van der Waals surface area contributed by atoms with Crippen LogP contribution in [-0.4, -0.2) is 154 Å². The molecule has 85 heavy (non-hydrogen) atoms. The molecule has 0 spiro atoms. The summed E-state index contributed by atoms with van der Waals surface area (Å²) in [5.74, 6) is -3.82. The van der Waals surface area contributed by atoms with Crippen LogP contribution in [-0.2, 0) is 46.6 Å². The van der Waals surface area contributed by atoms with Crippen LogP contribution in [0, 0.1) is 30.5 Å². The summed E-state index contributed by atoms with van der Waals surface area (Å²) in [6.07, 6.45) is 4.83. The highest BCUT2D eigenvalue weighted by atomic mass is 19.1. The van der Waals surface area contributed by atoms with Crippen LogP contribution in [0.3, 0.4) is 0 Å². The fourth-order valence-corrected chi connectivity index (χ4v) is 10.6. The number of likely N-dealkylation sites (tertiary alicyclic amines) is 1. The maximum atomic E-state index is 16.5. The van der Waals surface area contributed by atoms with Gasteiger partial charge >= 0.3 is 18.2 Å². The van der Waals surface area contributed by atoms with Crippen molar-refractivity contribution in [3.8, 4) is 11.3 Å². The molecule has 0 radical (unpaired) electrons. The number of nitrogens with two attached hydrogens (primary N) is 1. The Morgan fingerprint density at radius 1 is 0.871 bits per heavy atom. The van der Waals surface area contributed by atoms with Crippen LogP contribution < -0.4 is 32.3 Å². The van der Waals surface area contributed by atoms with Crippen molar-refractivity contribution in [1.29, 1.82) is 0 Å². The summed E-state index contributed by atoms with van der Waals surface area (Å²) in [4.78, 5) is 113. The number of imidazole rings is 1. The second-order valence-electron chi connectivity index (χ2n) is 22.3. The van der Waals surface area contributed by atoms with E-state index < -0.39 is 72.0 Å². The number of aliphatic hydroxyl groups is 1. The number of primary amides is 1. The van der Waals surface area contributed by atoms with E-state index in [2.05, 4.69) is 26.6 Å². The third-order valence-corrected chi connectivity index (χ3v) is 15.3. The zero-order valence-electron chi connectivity index (χ0n) is 48.6. The Morgan fingerprint density at radius 2 is 1.59 bits per heavy atom. The van der Waals surface area contributed by atoms with Crippen molar-refractivity contribution in [1.82, 2.24) is 45.5 Å². The molecular formula is C61H79F2N11O11. The van der Waals surface area contributed by atoms with E-state index in [1.165, 1.54) is 23.1 Å². The number of nitrogens with one attached hydrogen (secondary N) is 5. The highest BCUT2D eigenvalue weighted by molar-refractivity contribution is 6.12. The van der Waals surface area contributed by atoms with Crippen LogP contribution in [0.2, 0.25) is 0 Å². The largest absolute Gasteiger partial charge is 0.445 e. The van der Waals surface area contributed by atoms with Crippen LogP contribution in [0.15, 0.2) is 91.1 Å². The number of unbranched alkanes of at least 4 members (excludes halogenated alkanes) is 2. The Hall–Kier alpha value is -8.25. The fraction of sp³-hybridized carbons (Fsp3) is 0.492. The number of nitrogens with zero attached hydrogens (tertiary/aromatic N) is 5. The molecular weight excluding hydrogens is 1100 g/mol. The quantitative estimate of drug-likeness (QED) is 0.0254. The van der Waals surface area contributed by atoms with Gasteiger partial charge in [0.2, 0.25) is 17.7 Å². The summed E-state index contributed by atoms with van der Waals surface area (Å²) in [6.45, 7) is 7.32. The lowest BCUT2D eigenvalue weighted by molar-refractivity contribution is -0.137. The summed E-state index contributed by atoms with van der Waals surface area (Å²) >= 11 is 0. The highest BCUT2D eigenvalue weighted by Gasteiger charge is 2.43. The van der Waals surface area contributed by atoms with Crippen molar-refractivity contribution in [2.75, 3.05) is 57.9 Å². The second-order valence-corrected chi connectivity index (χ2v) is 22.3. The molecule has 4 heterocycles. The summed E-state index contributed by atoms with van der Waals surface area (Å²) < 4.78 is 45.5. The van der Waals surface area contributed by atoms with Crippen molar-refractivity contribution < 1.29 is 61.7 Å². The van der Waals surface area contributed by atoms with E-state index in [0.29, 0.717) is 74.6 Å². The number of ether oxygens (including phenoxy) is 2. The Balaban J connectivity index is 0.991. The van der Waals surface area contributed by atoms with Crippen LogP contribution in [0.4, 0.5) is 28.9 Å². The van der Waals surface area contributed by atoms with Crippen molar-refractivity contribution in [2.24, 2.45) is 23.5 Å². The first-order valence-corrected chi connectivity index (χ1v) is 29.0. The average molecular weight is 1180 g/mol. The van der Waals surface area contributed by atoms with Crippen molar-refractivity contribution >= 4 is 53.4 Å². The number of carbonyl (C=O) groups is 8. The minimum atomic E-state index is -1.57. The molecule has 2 fully saturated rings. The number of benzene rings is 3. The zero-order chi connectivity index (χ0) is 61.2. The molecule has 10 amide bonds. The second kappa shape index (κ2) is 31.1. The number of carbonyl (C=O) groups excluding carboxylic acids is 8. The zero-order valence-corrected chi connectivity index (χ0v) is 48.6. The van der Waals surface area contributed by atoms with Crippen molar-refractivity contribution in [2.45, 2.75) is 123 Å². The third-order valence-electron chi connectivity index (χ3n) is 15.3. The van der Waals surface area contributed by atoms with Gasteiger partial charge in [-0.1, -0.05) is 74.4 Å². The summed E-state index contributed by atoms with van der Waals surface area (Å²) in [6, 6.07) is 15.9. The van der Waals surface area contributed by atoms with Crippen LogP contribution in [0.5, 0.6) is 0 Å². The smallest absolute Gasteiger partial charge is 0.410 e. The van der Waals surface area contributed by atoms with Crippen LogP contribution in [0.25, 0.3) is 11.3 Å². The Bertz CT molecular complexity index is 2980. The number of imide groups is 1. The minimum absolute atomic E-state index is 0.0851. The standard InChI is InChI=1S/C61H79F2N11O11/c1-38(2)54(70-51(76)15-9-6-10-27-73-52(77)22-23-53(73)78)58(80)69-49(14-11-26-65-59(64)81)57(79)67-45-19-17-42(18-20-45)37-85-61(83)72-32-44(48(63)34-72)33-74(60(82)66-40(4)36-75)55(43-24-28-84-29-25-43)56-68-50(46-30-39(3)16-21-47(46)62)35-71(56)31-41-12-7-5-8-13-41/h5,7-8,12-13,16-23,30,35,38,40,43-44,48-49,54-55,75H,6,9-11,14-15,24-29,31-34,36-37H2,1-4H3,(H,66,82)(H,67,79)(H,69,80)(H,70,76)(H3,64,65,81)/t40-,44-,48-,49-,54-,55+/m0/s1. The number of alkyl halides is 1. The fourth-order valence-electron chi connectivity index (χ4n) is 10.6. The average Bonchev–Trinajstić information content (AvgIpc) is 4.30. The predicted molar refractivity (Wildman–Crippen MR) is 311 cm³/mol. The molecule has 6 atom stereocenters. The first-order valence-electron chi connectivity index (χ1n) is 29.0. The van der Waals surface area contributed by atoms with Gasteiger partial charge in [-0.3, -0.25) is 28.9 Å². The van der Waals surface area contributed by atoms with Crippen LogP contribution in [0.1, 0.15) is 101 Å². The Labute approximate surface area is 493 Å². The lowest BCUT2D eigenvalue weighted by Crippen LogP contribution is -2.54. The lowest BCUT2D eigenvalue weighted by atomic mass is 9.89. The molecule has 3 aliphatic rings. The van der Waals surface area contributed by atoms with E-state index >= 15 is 8.78 Å². The Kier molecular flexibility index (Phi) is 23.5. The molecule has 22 nitrogen and oxygen atoms in total. The molecule has 24 heteroatoms. The van der Waals surface area contributed by atoms with E-state index in [1.54, 1.807) is 68.3 Å². The number of hydrogen-bond donors (Lipinski definition) is 7. The minimum Gasteiger partial charge on any atom is -0.445 e. The van der Waals surface area contributed by atoms with Gasteiger partial charge in [0.05, 0.1) is 30.9 Å². The Morgan fingerprint density at radius 3 is 2.27 bits per heavy atom. The maximum absolute atomic E-state index is 16.5. The number of halogens is 2. The molecule has 0 unspecified atom stereocenters. The van der Waals surface area contributed by atoms with Gasteiger partial charge in [0.15, 0.2) is 0 Å². The number of amides is 10. The molecule has 8 N–H and O–H groups in total. The van der Waals surface area contributed by atoms with Gasteiger partial charge in [0.25, 0.3) is 11.8 Å². The first kappa shape index (κ1) is 64.3. The summed E-state index contributed by atoms with van der Waals surface area (Å²) in [7, 11) is 0. The molecule has 3 aliphatic heterocycles. The molecule has 458 valence electrons. The van der Waals surface area contributed by atoms with E-state index in [9.17, 15) is 43.5 Å². The molecule has 1 aromatic heterocycles. The number of urea groups is 2. The van der Waals surface area contributed by atoms with Gasteiger partial charge in [-0.05, 0) is 99.6 Å². The lowest BCUT2D eigenvalue weighted by Gasteiger charge is -2.40. The number of hydrogen-bond acceptors (Lipinski definition) is 12. The van der Waals surface area contributed by atoms with E-state index in [1.807, 2.05) is 41.8 Å². The predicted octanol–water partition coefficient (Wildman–Crippen LogP) is 6.01. The SMILES string of the molecule is Cc1ccc(F)c(-c2cn(Cc3ccccc3)c([C@@H](C3CCOCC3)N(C[C@@H]3CN(C(=O)OCc4ccc(NC(=O)[C@H](CCCNC(N)=O)NC(=O)[C@@H](NC(=O)CCCCCN5C(=O)C=CC5=O)C(C)C)cc4)C[C@@H]3F)C(=O)N[C@@H](C)CO)n2)c1. The van der Waals surface area contributed by atoms with Gasteiger partial charge in [0, 0.05) is 87.9 Å². The van der Waals surface area contributed by atoms with Gasteiger partial charge in [-0.15, -0.1) is 0 Å². The molecule has 0 saturated carbocycles. The maximum Gasteiger partial charge on any atom is 0.410 e. The molecule has 0 aliphatic carbocycles. The normalized spacial score (nSPS) is 17.5. The topological polar surface area (TPSA) is 289 Å². The van der Waals surface area contributed by atoms with E-state index in [4.69, 9.17) is 20.2 Å². The highest BCUT2D eigenvalue weighted by Crippen LogP contribution is 2.39. The number of aromatic nitrogens is 2. The number of aryl methyl sites for hydroxylation is 1. The summed E-state index contributed by atoms with van der Waals surface area (Å²) in [5, 5.41) is 23.7. The van der Waals surface area contributed by atoms with Gasteiger partial charge in [0.1, 0.15) is 36.5 Å². The molecule has 7 rings (SSSR count). The van der Waals surface area contributed by atoms with Gasteiger partial charge < -0.3 is 61.3 Å². The van der Waals surface area contributed by atoms with Gasteiger partial charge in [-0.2, -0.15) is 0 Å². The van der Waals surface area contributed by atoms with Crippen LogP contribution >= 0.6 is 0 Å².